The Morgan fingerprint density at radius 1 is 1.40 bits per heavy atom. The zero-order chi connectivity index (χ0) is 18.2. The molecule has 0 bridgehead atoms. The van der Waals surface area contributed by atoms with E-state index in [9.17, 15) is 9.59 Å². The molecule has 1 unspecified atom stereocenters. The van der Waals surface area contributed by atoms with Crippen molar-refractivity contribution in [2.24, 2.45) is 0 Å². The van der Waals surface area contributed by atoms with Crippen LogP contribution in [0.2, 0.25) is 0 Å². The number of benzene rings is 1. The number of ether oxygens (including phenoxy) is 1. The minimum absolute atomic E-state index is 0.0867. The Labute approximate surface area is 144 Å². The van der Waals surface area contributed by atoms with Crippen LogP contribution in [0.4, 0.5) is 11.4 Å². The quantitative estimate of drug-likeness (QED) is 0.873. The maximum atomic E-state index is 12.7. The van der Waals surface area contributed by atoms with E-state index >= 15 is 0 Å². The first-order valence-corrected chi connectivity index (χ1v) is 7.92. The van der Waals surface area contributed by atoms with Gasteiger partial charge in [-0.05, 0) is 29.5 Å². The number of nitrogens with one attached hydrogen (secondary N) is 2. The van der Waals surface area contributed by atoms with E-state index in [1.54, 1.807) is 25.1 Å². The molecule has 2 heterocycles. The van der Waals surface area contributed by atoms with Crippen molar-refractivity contribution in [1.29, 1.82) is 0 Å². The Bertz CT molecular complexity index is 824. The molecule has 0 aliphatic carbocycles. The van der Waals surface area contributed by atoms with E-state index in [0.717, 1.165) is 0 Å². The molecule has 0 saturated heterocycles. The van der Waals surface area contributed by atoms with Gasteiger partial charge < -0.3 is 15.4 Å². The first kappa shape index (κ1) is 16.9. The smallest absolute Gasteiger partial charge is 0.262 e. The molecule has 9 heteroatoms. The molecule has 0 fully saturated rings. The highest BCUT2D eigenvalue weighted by Gasteiger charge is 2.28. The summed E-state index contributed by atoms with van der Waals surface area (Å²) in [7, 11) is 0. The van der Waals surface area contributed by atoms with Crippen LogP contribution >= 0.6 is 0 Å². The lowest BCUT2D eigenvalue weighted by atomic mass is 9.95. The van der Waals surface area contributed by atoms with Crippen molar-refractivity contribution < 1.29 is 14.3 Å². The minimum Gasteiger partial charge on any atom is -0.479 e. The van der Waals surface area contributed by atoms with Crippen LogP contribution in [0.5, 0.6) is 5.75 Å². The van der Waals surface area contributed by atoms with Gasteiger partial charge in [-0.25, -0.2) is 4.68 Å². The molecule has 2 aromatic rings. The van der Waals surface area contributed by atoms with Crippen LogP contribution in [0.3, 0.4) is 0 Å². The number of amides is 2. The van der Waals surface area contributed by atoms with Gasteiger partial charge in [0.05, 0.1) is 11.4 Å². The number of hydrogen-bond donors (Lipinski definition) is 2. The maximum absolute atomic E-state index is 12.7. The first-order valence-electron chi connectivity index (χ1n) is 7.92. The van der Waals surface area contributed by atoms with E-state index in [1.807, 2.05) is 20.8 Å². The molecule has 2 amide bonds. The third kappa shape index (κ3) is 3.30. The fourth-order valence-corrected chi connectivity index (χ4v) is 2.51. The van der Waals surface area contributed by atoms with Gasteiger partial charge in [-0.1, -0.05) is 26.8 Å². The highest BCUT2D eigenvalue weighted by atomic mass is 16.5. The zero-order valence-corrected chi connectivity index (χ0v) is 14.5. The Balaban J connectivity index is 1.83. The van der Waals surface area contributed by atoms with Crippen LogP contribution in [0, 0.1) is 0 Å². The fraction of sp³-hybridized carbons (Fsp3) is 0.438. The second-order valence-corrected chi connectivity index (χ2v) is 6.88. The van der Waals surface area contributed by atoms with Gasteiger partial charge in [-0.2, -0.15) is 0 Å². The SMILES string of the molecule is CC(C(=O)Nc1cccc2c1OCC(=O)N2)n1nnnc1C(C)(C)C. The Kier molecular flexibility index (Phi) is 4.15. The monoisotopic (exact) mass is 344 g/mol. The minimum atomic E-state index is -0.613. The van der Waals surface area contributed by atoms with Crippen LogP contribution in [-0.2, 0) is 15.0 Å². The summed E-state index contributed by atoms with van der Waals surface area (Å²) < 4.78 is 6.95. The molecule has 3 rings (SSSR count). The molecule has 1 aromatic heterocycles. The predicted octanol–water partition coefficient (Wildman–Crippen LogP) is 1.50. The molecule has 1 aromatic carbocycles. The second kappa shape index (κ2) is 6.15. The summed E-state index contributed by atoms with van der Waals surface area (Å²) in [6, 6.07) is 4.54. The standard InChI is InChI=1S/C16H20N6O3/c1-9(22-15(16(2,3)4)19-20-21-22)14(24)18-11-7-5-6-10-13(11)25-8-12(23)17-10/h5-7,9H,8H2,1-4H3,(H,17,23)(H,18,24). The number of para-hydroxylation sites is 1. The highest BCUT2D eigenvalue weighted by Crippen LogP contribution is 2.35. The molecular formula is C16H20N6O3. The third-order valence-corrected chi connectivity index (χ3v) is 3.80. The van der Waals surface area contributed by atoms with Crippen molar-refractivity contribution >= 4 is 23.2 Å². The van der Waals surface area contributed by atoms with Crippen molar-refractivity contribution in [3.8, 4) is 5.75 Å². The lowest BCUT2D eigenvalue weighted by Crippen LogP contribution is -2.30. The molecule has 25 heavy (non-hydrogen) atoms. The number of aromatic nitrogens is 4. The normalized spacial score (nSPS) is 15.0. The van der Waals surface area contributed by atoms with Crippen LogP contribution in [0.15, 0.2) is 18.2 Å². The highest BCUT2D eigenvalue weighted by molar-refractivity contribution is 6.00. The summed E-state index contributed by atoms with van der Waals surface area (Å²) in [6.07, 6.45) is 0. The van der Waals surface area contributed by atoms with Gasteiger partial charge in [0.15, 0.2) is 18.2 Å². The van der Waals surface area contributed by atoms with Crippen molar-refractivity contribution in [3.63, 3.8) is 0 Å². The number of carbonyl (C=O) groups is 2. The number of rotatable bonds is 3. The molecule has 0 spiro atoms. The van der Waals surface area contributed by atoms with Crippen LogP contribution in [-0.4, -0.2) is 38.6 Å². The van der Waals surface area contributed by atoms with E-state index in [0.29, 0.717) is 22.9 Å². The number of anilines is 2. The van der Waals surface area contributed by atoms with Gasteiger partial charge in [-0.15, -0.1) is 5.10 Å². The van der Waals surface area contributed by atoms with E-state index in [4.69, 9.17) is 4.74 Å². The van der Waals surface area contributed by atoms with E-state index in [1.165, 1.54) is 4.68 Å². The van der Waals surface area contributed by atoms with Crippen LogP contribution in [0.1, 0.15) is 39.6 Å². The van der Waals surface area contributed by atoms with Gasteiger partial charge in [0.1, 0.15) is 6.04 Å². The number of hydrogen-bond acceptors (Lipinski definition) is 6. The maximum Gasteiger partial charge on any atom is 0.262 e. The van der Waals surface area contributed by atoms with Crippen LogP contribution in [0.25, 0.3) is 0 Å². The molecule has 9 nitrogen and oxygen atoms in total. The Morgan fingerprint density at radius 3 is 2.88 bits per heavy atom. The molecular weight excluding hydrogens is 324 g/mol. The summed E-state index contributed by atoms with van der Waals surface area (Å²) in [5, 5.41) is 17.2. The van der Waals surface area contributed by atoms with Gasteiger partial charge in [0.25, 0.3) is 5.91 Å². The van der Waals surface area contributed by atoms with Gasteiger partial charge >= 0.3 is 0 Å². The topological polar surface area (TPSA) is 111 Å². The lowest BCUT2D eigenvalue weighted by molar-refractivity contribution is -0.119. The number of nitrogens with zero attached hydrogens (tertiary/aromatic N) is 4. The van der Waals surface area contributed by atoms with Crippen molar-refractivity contribution in [3.05, 3.63) is 24.0 Å². The Morgan fingerprint density at radius 2 is 2.16 bits per heavy atom. The third-order valence-electron chi connectivity index (χ3n) is 3.80. The fourth-order valence-electron chi connectivity index (χ4n) is 2.51. The summed E-state index contributed by atoms with van der Waals surface area (Å²) in [5.74, 6) is 0.545. The molecule has 132 valence electrons. The molecule has 0 saturated carbocycles. The lowest BCUT2D eigenvalue weighted by Gasteiger charge is -2.23. The molecule has 1 aliphatic rings. The van der Waals surface area contributed by atoms with Gasteiger partial charge in [0.2, 0.25) is 5.91 Å². The molecule has 1 aliphatic heterocycles. The van der Waals surface area contributed by atoms with Crippen molar-refractivity contribution in [2.75, 3.05) is 17.2 Å². The number of carbonyl (C=O) groups excluding carboxylic acids is 2. The molecule has 2 N–H and O–H groups in total. The average molecular weight is 344 g/mol. The summed E-state index contributed by atoms with van der Waals surface area (Å²) in [4.78, 5) is 24.1. The van der Waals surface area contributed by atoms with Crippen molar-refractivity contribution in [2.45, 2.75) is 39.2 Å². The van der Waals surface area contributed by atoms with E-state index in [-0.39, 0.29) is 23.8 Å². The predicted molar refractivity (Wildman–Crippen MR) is 90.4 cm³/mol. The van der Waals surface area contributed by atoms with Gasteiger partial charge in [0, 0.05) is 5.41 Å². The van der Waals surface area contributed by atoms with E-state index in [2.05, 4.69) is 26.2 Å². The Hall–Kier alpha value is -2.97. The largest absolute Gasteiger partial charge is 0.479 e. The van der Waals surface area contributed by atoms with E-state index < -0.39 is 6.04 Å². The molecule has 0 radical (unpaired) electrons. The first-order chi connectivity index (χ1) is 11.8. The molecule has 1 atom stereocenters. The summed E-state index contributed by atoms with van der Waals surface area (Å²) in [5.41, 5.74) is 0.719. The summed E-state index contributed by atoms with van der Waals surface area (Å²) >= 11 is 0. The number of fused-ring (bicyclic) bond motifs is 1. The summed E-state index contributed by atoms with van der Waals surface area (Å²) in [6.45, 7) is 7.56. The average Bonchev–Trinajstić information content (AvgIpc) is 3.03. The van der Waals surface area contributed by atoms with Gasteiger partial charge in [-0.3, -0.25) is 9.59 Å². The number of tetrazole rings is 1. The second-order valence-electron chi connectivity index (χ2n) is 6.88. The van der Waals surface area contributed by atoms with Crippen molar-refractivity contribution in [1.82, 2.24) is 20.2 Å². The van der Waals surface area contributed by atoms with Crippen LogP contribution < -0.4 is 15.4 Å². The zero-order valence-electron chi connectivity index (χ0n) is 14.5.